The summed E-state index contributed by atoms with van der Waals surface area (Å²) in [7, 11) is 0.733. The molecular weight excluding hydrogens is 275 g/mol. The molecule has 0 aromatic heterocycles. The Bertz CT molecular complexity index is 348. The average molecular weight is 296 g/mol. The van der Waals surface area contributed by atoms with Crippen molar-refractivity contribution in [2.45, 2.75) is 12.5 Å². The topological polar surface area (TPSA) is 108 Å². The van der Waals surface area contributed by atoms with E-state index in [0.29, 0.717) is 11.0 Å². The molecule has 0 aromatic carbocycles. The first-order chi connectivity index (χ1) is 8.53. The molecule has 9 heteroatoms. The molecule has 0 aliphatic carbocycles. The van der Waals surface area contributed by atoms with E-state index in [1.165, 1.54) is 0 Å². The van der Waals surface area contributed by atoms with Gasteiger partial charge in [-0.15, -0.1) is 0 Å². The fraction of sp³-hybridized carbons (Fsp3) is 0.700. The lowest BCUT2D eigenvalue weighted by atomic mass is 10.2. The summed E-state index contributed by atoms with van der Waals surface area (Å²) >= 11 is 0. The van der Waals surface area contributed by atoms with Crippen molar-refractivity contribution in [3.05, 3.63) is 12.7 Å². The zero-order valence-corrected chi connectivity index (χ0v) is 12.3. The molecule has 0 radical (unpaired) electrons. The van der Waals surface area contributed by atoms with Crippen LogP contribution in [0.25, 0.3) is 0 Å². The first-order valence-corrected chi connectivity index (χ1v) is 7.10. The summed E-state index contributed by atoms with van der Waals surface area (Å²) in [6, 6.07) is -0.410. The van der Waals surface area contributed by atoms with Gasteiger partial charge in [-0.25, -0.2) is 4.79 Å². The highest BCUT2D eigenvalue weighted by Gasteiger charge is 2.19. The van der Waals surface area contributed by atoms with E-state index in [4.69, 9.17) is 9.63 Å². The van der Waals surface area contributed by atoms with Crippen LogP contribution in [-0.2, 0) is 18.6 Å². The van der Waals surface area contributed by atoms with Crippen LogP contribution in [0.3, 0.4) is 0 Å². The summed E-state index contributed by atoms with van der Waals surface area (Å²) in [5.74, 6) is -0.554. The van der Waals surface area contributed by atoms with Crippen LogP contribution >= 0.6 is 7.82 Å². The van der Waals surface area contributed by atoms with E-state index in [2.05, 4.69) is 16.5 Å². The predicted molar refractivity (Wildman–Crippen MR) is 66.5 cm³/mol. The smallest absolute Gasteiger partial charge is 0.330 e. The third kappa shape index (κ3) is 12.0. The molecule has 8 nitrogen and oxygen atoms in total. The maximum atomic E-state index is 10.9. The Balaban J connectivity index is 4.30. The SMILES string of the molecule is C=CC(=O)OCCC(COP(=O)([O-])O)N[N+](C)(C)C. The quantitative estimate of drug-likeness (QED) is 0.188. The maximum Gasteiger partial charge on any atom is 0.330 e. The van der Waals surface area contributed by atoms with E-state index in [9.17, 15) is 14.3 Å². The van der Waals surface area contributed by atoms with Gasteiger partial charge >= 0.3 is 5.97 Å². The summed E-state index contributed by atoms with van der Waals surface area (Å²) < 4.78 is 20.0. The lowest BCUT2D eigenvalue weighted by molar-refractivity contribution is -0.918. The van der Waals surface area contributed by atoms with Crippen molar-refractivity contribution in [2.24, 2.45) is 0 Å². The second-order valence-corrected chi connectivity index (χ2v) is 5.96. The van der Waals surface area contributed by atoms with E-state index < -0.39 is 19.8 Å². The molecule has 2 atom stereocenters. The summed E-state index contributed by atoms with van der Waals surface area (Å²) in [5.41, 5.74) is 3.04. The van der Waals surface area contributed by atoms with Crippen molar-refractivity contribution >= 4 is 13.8 Å². The number of hydrogen-bond donors (Lipinski definition) is 2. The molecule has 0 saturated heterocycles. The number of phosphoric ester groups is 1. The summed E-state index contributed by atoms with van der Waals surface area (Å²) in [5, 5.41) is 0. The van der Waals surface area contributed by atoms with E-state index in [1.807, 2.05) is 21.1 Å². The Morgan fingerprint density at radius 1 is 1.58 bits per heavy atom. The number of nitrogens with one attached hydrogen (secondary N) is 1. The maximum absolute atomic E-state index is 10.9. The fourth-order valence-electron chi connectivity index (χ4n) is 1.28. The van der Waals surface area contributed by atoms with Crippen LogP contribution in [0.2, 0.25) is 0 Å². The van der Waals surface area contributed by atoms with E-state index in [-0.39, 0.29) is 13.2 Å². The van der Waals surface area contributed by atoms with Crippen molar-refractivity contribution in [1.29, 1.82) is 0 Å². The molecule has 0 saturated carbocycles. The molecule has 0 aliphatic heterocycles. The summed E-state index contributed by atoms with van der Waals surface area (Å²) in [6.07, 6.45) is 1.37. The van der Waals surface area contributed by atoms with Crippen LogP contribution in [0.1, 0.15) is 6.42 Å². The number of phosphoric acid groups is 1. The van der Waals surface area contributed by atoms with Crippen molar-refractivity contribution in [3.8, 4) is 0 Å². The van der Waals surface area contributed by atoms with Gasteiger partial charge in [-0.05, 0) is 0 Å². The first-order valence-electron chi connectivity index (χ1n) is 5.60. The Kier molecular flexibility index (Phi) is 7.43. The van der Waals surface area contributed by atoms with Crippen LogP contribution in [0, 0.1) is 0 Å². The molecule has 0 heterocycles. The number of esters is 1. The van der Waals surface area contributed by atoms with Crippen LogP contribution < -0.4 is 10.3 Å². The molecule has 0 spiro atoms. The number of hydrogen-bond acceptors (Lipinski definition) is 6. The van der Waals surface area contributed by atoms with E-state index in [1.54, 1.807) is 0 Å². The van der Waals surface area contributed by atoms with E-state index in [0.717, 1.165) is 6.08 Å². The molecule has 0 rings (SSSR count). The van der Waals surface area contributed by atoms with Gasteiger partial charge in [0.2, 0.25) is 0 Å². The van der Waals surface area contributed by atoms with Gasteiger partial charge in [-0.1, -0.05) is 6.58 Å². The number of nitrogens with zero attached hydrogens (tertiary/aromatic N) is 1. The first kappa shape index (κ1) is 18.2. The third-order valence-electron chi connectivity index (χ3n) is 1.89. The Morgan fingerprint density at radius 3 is 2.58 bits per heavy atom. The highest BCUT2D eigenvalue weighted by atomic mass is 31.2. The van der Waals surface area contributed by atoms with Crippen LogP contribution in [0.5, 0.6) is 0 Å². The summed E-state index contributed by atoms with van der Waals surface area (Å²) in [4.78, 5) is 30.0. The standard InChI is InChI=1S/C10H21N2O6P/c1-5-10(13)17-7-6-9(11-12(2,3)4)8-18-19(14,15)16/h5,9,11H,1,6-8H2,2-4H3,(H-,14,15,16). The Morgan fingerprint density at radius 2 is 2.16 bits per heavy atom. The second kappa shape index (κ2) is 7.74. The zero-order valence-electron chi connectivity index (χ0n) is 11.4. The number of quaternary nitrogens is 1. The molecular formula is C10H21N2O6P. The van der Waals surface area contributed by atoms with Gasteiger partial charge in [0.25, 0.3) is 7.82 Å². The fourth-order valence-corrected chi connectivity index (χ4v) is 1.65. The van der Waals surface area contributed by atoms with E-state index >= 15 is 0 Å². The highest BCUT2D eigenvalue weighted by molar-refractivity contribution is 7.44. The number of rotatable bonds is 9. The van der Waals surface area contributed by atoms with Gasteiger partial charge < -0.3 is 19.0 Å². The minimum absolute atomic E-state index is 0.0838. The molecule has 0 aromatic rings. The van der Waals surface area contributed by atoms with Gasteiger partial charge in [0.15, 0.2) is 0 Å². The van der Waals surface area contributed by atoms with Gasteiger partial charge in [0, 0.05) is 12.5 Å². The number of carbonyl (C=O) groups is 1. The average Bonchev–Trinajstić information content (AvgIpc) is 2.22. The monoisotopic (exact) mass is 296 g/mol. The van der Waals surface area contributed by atoms with Crippen molar-refractivity contribution < 1.29 is 33.0 Å². The predicted octanol–water partition coefficient (Wildman–Crippen LogP) is -0.838. The van der Waals surface area contributed by atoms with Crippen LogP contribution in [-0.4, -0.2) is 55.9 Å². The molecule has 0 aliphatic rings. The zero-order chi connectivity index (χ0) is 15.1. The van der Waals surface area contributed by atoms with Gasteiger partial charge in [0.05, 0.1) is 40.4 Å². The van der Waals surface area contributed by atoms with Crippen LogP contribution in [0.15, 0.2) is 12.7 Å². The molecule has 2 N–H and O–H groups in total. The number of carbonyl (C=O) groups excluding carboxylic acids is 1. The third-order valence-corrected chi connectivity index (χ3v) is 2.36. The number of ether oxygens (including phenoxy) is 1. The summed E-state index contributed by atoms with van der Waals surface area (Å²) in [6.45, 7) is 3.09. The molecule has 19 heavy (non-hydrogen) atoms. The van der Waals surface area contributed by atoms with Gasteiger partial charge in [0.1, 0.15) is 0 Å². The molecule has 0 fully saturated rings. The highest BCUT2D eigenvalue weighted by Crippen LogP contribution is 2.30. The minimum atomic E-state index is -4.76. The lowest BCUT2D eigenvalue weighted by Crippen LogP contribution is -2.54. The van der Waals surface area contributed by atoms with Crippen molar-refractivity contribution in [3.63, 3.8) is 0 Å². The largest absolute Gasteiger partial charge is 0.756 e. The second-order valence-electron chi connectivity index (χ2n) is 4.76. The lowest BCUT2D eigenvalue weighted by Gasteiger charge is -2.30. The molecule has 112 valence electrons. The Labute approximate surface area is 112 Å². The Hall–Kier alpha value is -0.760. The minimum Gasteiger partial charge on any atom is -0.756 e. The molecule has 0 amide bonds. The van der Waals surface area contributed by atoms with Crippen LogP contribution in [0.4, 0.5) is 0 Å². The normalized spacial score (nSPS) is 16.5. The van der Waals surface area contributed by atoms with Gasteiger partial charge in [-0.2, -0.15) is 5.43 Å². The van der Waals surface area contributed by atoms with Gasteiger partial charge in [-0.3, -0.25) is 9.16 Å². The molecule has 0 bridgehead atoms. The molecule has 2 unspecified atom stereocenters. The van der Waals surface area contributed by atoms with Crippen molar-refractivity contribution in [2.75, 3.05) is 34.4 Å². The van der Waals surface area contributed by atoms with Crippen molar-refractivity contribution in [1.82, 2.24) is 5.43 Å².